The SMILES string of the molecule is CCCCN(CC)c1ccc(C(=O)NC2CCCc3c2cnn3C)cc1. The highest BCUT2D eigenvalue weighted by Gasteiger charge is 2.25. The molecule has 1 aromatic carbocycles. The zero-order chi connectivity index (χ0) is 18.5. The second kappa shape index (κ2) is 8.39. The van der Waals surface area contributed by atoms with Crippen LogP contribution in [-0.4, -0.2) is 28.8 Å². The molecule has 5 nitrogen and oxygen atoms in total. The maximum Gasteiger partial charge on any atom is 0.251 e. The highest BCUT2D eigenvalue weighted by Crippen LogP contribution is 2.29. The molecule has 1 amide bonds. The Kier molecular flexibility index (Phi) is 5.96. The molecule has 1 atom stereocenters. The summed E-state index contributed by atoms with van der Waals surface area (Å²) in [6.07, 6.45) is 7.37. The number of aromatic nitrogens is 2. The van der Waals surface area contributed by atoms with Crippen LogP contribution in [0.5, 0.6) is 0 Å². The Labute approximate surface area is 156 Å². The van der Waals surface area contributed by atoms with Crippen LogP contribution in [0.3, 0.4) is 0 Å². The normalized spacial score (nSPS) is 16.2. The van der Waals surface area contributed by atoms with E-state index in [1.807, 2.05) is 30.1 Å². The molecule has 2 aromatic rings. The summed E-state index contributed by atoms with van der Waals surface area (Å²) in [7, 11) is 1.97. The number of fused-ring (bicyclic) bond motifs is 1. The summed E-state index contributed by atoms with van der Waals surface area (Å²) in [5.74, 6) is -0.00476. The van der Waals surface area contributed by atoms with Gasteiger partial charge in [-0.1, -0.05) is 13.3 Å². The van der Waals surface area contributed by atoms with Crippen molar-refractivity contribution in [2.75, 3.05) is 18.0 Å². The molecule has 1 aliphatic rings. The van der Waals surface area contributed by atoms with E-state index in [9.17, 15) is 4.79 Å². The van der Waals surface area contributed by atoms with Gasteiger partial charge in [0.25, 0.3) is 5.91 Å². The lowest BCUT2D eigenvalue weighted by atomic mass is 9.93. The number of benzene rings is 1. The van der Waals surface area contributed by atoms with E-state index in [0.717, 1.165) is 37.9 Å². The number of unbranched alkanes of at least 4 members (excludes halogenated alkanes) is 1. The lowest BCUT2D eigenvalue weighted by Crippen LogP contribution is -2.31. The maximum atomic E-state index is 12.7. The Morgan fingerprint density at radius 3 is 2.77 bits per heavy atom. The first-order valence-electron chi connectivity index (χ1n) is 9.80. The first-order valence-corrected chi connectivity index (χ1v) is 9.80. The van der Waals surface area contributed by atoms with Crippen molar-refractivity contribution < 1.29 is 4.79 Å². The lowest BCUT2D eigenvalue weighted by molar-refractivity contribution is 0.0932. The molecule has 1 heterocycles. The summed E-state index contributed by atoms with van der Waals surface area (Å²) < 4.78 is 1.93. The van der Waals surface area contributed by atoms with Crippen LogP contribution in [-0.2, 0) is 13.5 Å². The predicted molar refractivity (Wildman–Crippen MR) is 106 cm³/mol. The number of amides is 1. The van der Waals surface area contributed by atoms with Gasteiger partial charge >= 0.3 is 0 Å². The molecule has 140 valence electrons. The average Bonchev–Trinajstić information content (AvgIpc) is 3.05. The molecule has 1 aliphatic carbocycles. The minimum atomic E-state index is -0.00476. The Balaban J connectivity index is 1.67. The zero-order valence-corrected chi connectivity index (χ0v) is 16.2. The van der Waals surface area contributed by atoms with Crippen molar-refractivity contribution in [1.82, 2.24) is 15.1 Å². The maximum absolute atomic E-state index is 12.7. The molecule has 26 heavy (non-hydrogen) atoms. The number of nitrogens with one attached hydrogen (secondary N) is 1. The highest BCUT2D eigenvalue weighted by molar-refractivity contribution is 5.94. The van der Waals surface area contributed by atoms with Crippen molar-refractivity contribution in [2.45, 2.75) is 52.0 Å². The van der Waals surface area contributed by atoms with Crippen LogP contribution in [0.15, 0.2) is 30.5 Å². The fraction of sp³-hybridized carbons (Fsp3) is 0.524. The molecule has 0 radical (unpaired) electrons. The molecule has 1 aromatic heterocycles. The molecular weight excluding hydrogens is 324 g/mol. The summed E-state index contributed by atoms with van der Waals surface area (Å²) in [6.45, 7) is 6.42. The van der Waals surface area contributed by atoms with E-state index in [4.69, 9.17) is 0 Å². The van der Waals surface area contributed by atoms with Crippen molar-refractivity contribution in [3.05, 3.63) is 47.3 Å². The third-order valence-electron chi connectivity index (χ3n) is 5.34. The second-order valence-corrected chi connectivity index (χ2v) is 7.07. The number of carbonyl (C=O) groups is 1. The van der Waals surface area contributed by atoms with Crippen LogP contribution in [0.25, 0.3) is 0 Å². The van der Waals surface area contributed by atoms with Crippen molar-refractivity contribution in [1.29, 1.82) is 0 Å². The quantitative estimate of drug-likeness (QED) is 0.821. The van der Waals surface area contributed by atoms with E-state index < -0.39 is 0 Å². The molecule has 0 aliphatic heterocycles. The molecule has 5 heteroatoms. The third-order valence-corrected chi connectivity index (χ3v) is 5.34. The van der Waals surface area contributed by atoms with Crippen LogP contribution in [0.4, 0.5) is 5.69 Å². The summed E-state index contributed by atoms with van der Waals surface area (Å²) >= 11 is 0. The van der Waals surface area contributed by atoms with Gasteiger partial charge < -0.3 is 10.2 Å². The van der Waals surface area contributed by atoms with Gasteiger partial charge in [-0.3, -0.25) is 9.48 Å². The van der Waals surface area contributed by atoms with E-state index in [-0.39, 0.29) is 11.9 Å². The minimum Gasteiger partial charge on any atom is -0.372 e. The zero-order valence-electron chi connectivity index (χ0n) is 16.2. The van der Waals surface area contributed by atoms with Crippen molar-refractivity contribution >= 4 is 11.6 Å². The molecule has 3 rings (SSSR count). The molecule has 1 unspecified atom stereocenters. The van der Waals surface area contributed by atoms with Crippen LogP contribution in [0.2, 0.25) is 0 Å². The van der Waals surface area contributed by atoms with Gasteiger partial charge in [-0.2, -0.15) is 5.10 Å². The monoisotopic (exact) mass is 354 g/mol. The average molecular weight is 354 g/mol. The molecule has 0 bridgehead atoms. The van der Waals surface area contributed by atoms with Crippen molar-refractivity contribution in [2.24, 2.45) is 7.05 Å². The first kappa shape index (κ1) is 18.5. The van der Waals surface area contributed by atoms with Crippen molar-refractivity contribution in [3.63, 3.8) is 0 Å². The van der Waals surface area contributed by atoms with Crippen LogP contribution in [0.1, 0.15) is 67.2 Å². The van der Waals surface area contributed by atoms with Gasteiger partial charge in [0, 0.05) is 42.6 Å². The van der Waals surface area contributed by atoms with Gasteiger partial charge in [0.1, 0.15) is 0 Å². The molecule has 1 N–H and O–H groups in total. The first-order chi connectivity index (χ1) is 12.6. The number of aryl methyl sites for hydroxylation is 1. The second-order valence-electron chi connectivity index (χ2n) is 7.07. The number of hydrogen-bond donors (Lipinski definition) is 1. The van der Waals surface area contributed by atoms with E-state index in [1.54, 1.807) is 0 Å². The van der Waals surface area contributed by atoms with Gasteiger partial charge in [0.05, 0.1) is 12.2 Å². The van der Waals surface area contributed by atoms with E-state index in [0.29, 0.717) is 0 Å². The molecular formula is C21H30N4O. The highest BCUT2D eigenvalue weighted by atomic mass is 16.1. The Hall–Kier alpha value is -2.30. The van der Waals surface area contributed by atoms with E-state index in [2.05, 4.69) is 41.3 Å². The number of nitrogens with zero attached hydrogens (tertiary/aromatic N) is 3. The van der Waals surface area contributed by atoms with E-state index >= 15 is 0 Å². The van der Waals surface area contributed by atoms with Crippen molar-refractivity contribution in [3.8, 4) is 0 Å². The molecule has 0 spiro atoms. The smallest absolute Gasteiger partial charge is 0.251 e. The summed E-state index contributed by atoms with van der Waals surface area (Å²) in [5, 5.41) is 7.55. The van der Waals surface area contributed by atoms with Gasteiger partial charge in [-0.25, -0.2) is 0 Å². The standard InChI is InChI=1S/C21H30N4O/c1-4-6-14-25(5-2)17-12-10-16(11-13-17)21(26)23-19-8-7-9-20-18(19)15-22-24(20)3/h10-13,15,19H,4-9,14H2,1-3H3,(H,23,26). The largest absolute Gasteiger partial charge is 0.372 e. The predicted octanol–water partition coefficient (Wildman–Crippen LogP) is 3.85. The van der Waals surface area contributed by atoms with Crippen LogP contribution < -0.4 is 10.2 Å². The lowest BCUT2D eigenvalue weighted by Gasteiger charge is -2.24. The Bertz CT molecular complexity index is 735. The Morgan fingerprint density at radius 2 is 2.08 bits per heavy atom. The number of hydrogen-bond acceptors (Lipinski definition) is 3. The topological polar surface area (TPSA) is 50.2 Å². The fourth-order valence-electron chi connectivity index (χ4n) is 3.74. The van der Waals surface area contributed by atoms with Gasteiger partial charge in [0.2, 0.25) is 0 Å². The van der Waals surface area contributed by atoms with Crippen LogP contribution in [0, 0.1) is 0 Å². The molecule has 0 saturated carbocycles. The van der Waals surface area contributed by atoms with Gasteiger partial charge in [-0.05, 0) is 56.9 Å². The summed E-state index contributed by atoms with van der Waals surface area (Å²) in [6, 6.07) is 8.06. The van der Waals surface area contributed by atoms with Gasteiger partial charge in [-0.15, -0.1) is 0 Å². The van der Waals surface area contributed by atoms with Gasteiger partial charge in [0.15, 0.2) is 0 Å². The summed E-state index contributed by atoms with van der Waals surface area (Å²) in [5.41, 5.74) is 4.31. The third kappa shape index (κ3) is 3.92. The molecule has 0 saturated heterocycles. The fourth-order valence-corrected chi connectivity index (χ4v) is 3.74. The Morgan fingerprint density at radius 1 is 1.31 bits per heavy atom. The molecule has 0 fully saturated rings. The van der Waals surface area contributed by atoms with E-state index in [1.165, 1.54) is 29.8 Å². The minimum absolute atomic E-state index is 0.00476. The number of carbonyl (C=O) groups excluding carboxylic acids is 1. The number of rotatable bonds is 7. The number of anilines is 1. The summed E-state index contributed by atoms with van der Waals surface area (Å²) in [4.78, 5) is 15.1. The van der Waals surface area contributed by atoms with Crippen LogP contribution >= 0.6 is 0 Å².